The molecule has 1 aromatic heterocycles. The van der Waals surface area contributed by atoms with Crippen LogP contribution in [0.5, 0.6) is 0 Å². The summed E-state index contributed by atoms with van der Waals surface area (Å²) in [5.41, 5.74) is 0.984. The molecule has 0 atom stereocenters. The maximum Gasteiger partial charge on any atom is 0.280 e. The van der Waals surface area contributed by atoms with Crippen molar-refractivity contribution in [1.82, 2.24) is 4.98 Å². The lowest BCUT2D eigenvalue weighted by molar-refractivity contribution is 0.145. The van der Waals surface area contributed by atoms with Gasteiger partial charge in [-0.25, -0.2) is 8.78 Å². The van der Waals surface area contributed by atoms with Crippen LogP contribution in [0.3, 0.4) is 0 Å². The lowest BCUT2D eigenvalue weighted by atomic mass is 10.2. The molecular weight excluding hydrogens is 263 g/mol. The zero-order valence-corrected chi connectivity index (χ0v) is 9.16. The van der Waals surface area contributed by atoms with Crippen molar-refractivity contribution < 1.29 is 8.78 Å². The summed E-state index contributed by atoms with van der Waals surface area (Å²) in [6.45, 7) is 1.59. The van der Waals surface area contributed by atoms with Gasteiger partial charge in [0.05, 0.1) is 5.88 Å². The number of aromatic nitrogens is 1. The number of nitrogens with zero attached hydrogens (tertiary/aromatic N) is 1. The highest BCUT2D eigenvalue weighted by molar-refractivity contribution is 9.10. The van der Waals surface area contributed by atoms with E-state index in [2.05, 4.69) is 20.9 Å². The predicted molar refractivity (Wildman–Crippen MR) is 51.2 cm³/mol. The number of pyridine rings is 1. The highest BCUT2D eigenvalue weighted by Gasteiger charge is 2.15. The van der Waals surface area contributed by atoms with Crippen LogP contribution >= 0.6 is 27.5 Å². The molecule has 0 aliphatic rings. The first-order chi connectivity index (χ1) is 6.07. The first kappa shape index (κ1) is 10.9. The van der Waals surface area contributed by atoms with E-state index in [1.54, 1.807) is 6.92 Å². The van der Waals surface area contributed by atoms with Crippen molar-refractivity contribution in [2.24, 2.45) is 0 Å². The van der Waals surface area contributed by atoms with Crippen molar-refractivity contribution in [1.29, 1.82) is 0 Å². The third-order valence-electron chi connectivity index (χ3n) is 1.71. The molecule has 0 bridgehead atoms. The molecule has 13 heavy (non-hydrogen) atoms. The van der Waals surface area contributed by atoms with E-state index in [9.17, 15) is 8.78 Å². The molecule has 0 aliphatic carbocycles. The molecule has 0 unspecified atom stereocenters. The van der Waals surface area contributed by atoms with Gasteiger partial charge in [-0.1, -0.05) is 15.9 Å². The molecule has 1 aromatic rings. The molecule has 72 valence electrons. The van der Waals surface area contributed by atoms with Crippen molar-refractivity contribution in [2.45, 2.75) is 19.2 Å². The molecule has 0 aliphatic heterocycles. The topological polar surface area (TPSA) is 12.9 Å². The minimum Gasteiger partial charge on any atom is -0.255 e. The van der Waals surface area contributed by atoms with Gasteiger partial charge in [0, 0.05) is 10.7 Å². The molecule has 0 spiro atoms. The first-order valence-electron chi connectivity index (χ1n) is 3.56. The monoisotopic (exact) mass is 269 g/mol. The normalized spacial score (nSPS) is 10.9. The van der Waals surface area contributed by atoms with Gasteiger partial charge in [-0.05, 0) is 18.1 Å². The third kappa shape index (κ3) is 2.17. The van der Waals surface area contributed by atoms with Gasteiger partial charge in [0.2, 0.25) is 0 Å². The van der Waals surface area contributed by atoms with Crippen molar-refractivity contribution >= 4 is 27.5 Å². The molecule has 1 nitrogen and oxygen atoms in total. The molecule has 0 aromatic carbocycles. The van der Waals surface area contributed by atoms with Crippen LogP contribution < -0.4 is 0 Å². The maximum absolute atomic E-state index is 12.3. The fourth-order valence-corrected chi connectivity index (χ4v) is 1.78. The summed E-state index contributed by atoms with van der Waals surface area (Å²) in [7, 11) is 0. The average molecular weight is 271 g/mol. The third-order valence-corrected chi connectivity index (χ3v) is 3.10. The lowest BCUT2D eigenvalue weighted by Crippen LogP contribution is -1.98. The maximum atomic E-state index is 12.3. The van der Waals surface area contributed by atoms with Gasteiger partial charge in [0.1, 0.15) is 5.69 Å². The molecule has 0 radical (unpaired) electrons. The van der Waals surface area contributed by atoms with Gasteiger partial charge in [-0.2, -0.15) is 0 Å². The molecule has 5 heteroatoms. The fraction of sp³-hybridized carbons (Fsp3) is 0.375. The molecular formula is C8H7BrClF2N. The zero-order chi connectivity index (χ0) is 10.0. The van der Waals surface area contributed by atoms with E-state index in [0.29, 0.717) is 10.0 Å². The Hall–Kier alpha value is -0.220. The van der Waals surface area contributed by atoms with Crippen LogP contribution in [-0.4, -0.2) is 4.98 Å². The number of halogens is 4. The van der Waals surface area contributed by atoms with Gasteiger partial charge in [-0.3, -0.25) is 4.98 Å². The highest BCUT2D eigenvalue weighted by Crippen LogP contribution is 2.29. The van der Waals surface area contributed by atoms with E-state index in [1.165, 1.54) is 6.20 Å². The van der Waals surface area contributed by atoms with Crippen LogP contribution in [-0.2, 0) is 5.88 Å². The van der Waals surface area contributed by atoms with Gasteiger partial charge in [0.25, 0.3) is 6.43 Å². The van der Waals surface area contributed by atoms with Crippen LogP contribution in [0.2, 0.25) is 0 Å². The van der Waals surface area contributed by atoms with Crippen molar-refractivity contribution in [3.8, 4) is 0 Å². The number of hydrogen-bond donors (Lipinski definition) is 0. The van der Waals surface area contributed by atoms with Crippen LogP contribution in [0.4, 0.5) is 8.78 Å². The predicted octanol–water partition coefficient (Wildman–Crippen LogP) is 3.83. The molecule has 1 heterocycles. The highest BCUT2D eigenvalue weighted by atomic mass is 79.9. The van der Waals surface area contributed by atoms with E-state index in [1.807, 2.05) is 0 Å². The van der Waals surface area contributed by atoms with Crippen LogP contribution in [0.1, 0.15) is 23.2 Å². The summed E-state index contributed by atoms with van der Waals surface area (Å²) in [4.78, 5) is 3.64. The molecule has 0 saturated carbocycles. The van der Waals surface area contributed by atoms with Crippen LogP contribution in [0.15, 0.2) is 10.7 Å². The smallest absolute Gasteiger partial charge is 0.255 e. The fourth-order valence-electron chi connectivity index (χ4n) is 0.967. The summed E-state index contributed by atoms with van der Waals surface area (Å²) in [6.07, 6.45) is -1.17. The molecule has 1 rings (SSSR count). The minimum absolute atomic E-state index is 0.194. The summed E-state index contributed by atoms with van der Waals surface area (Å²) in [5.74, 6) is 0.262. The van der Waals surface area contributed by atoms with Crippen molar-refractivity contribution in [3.63, 3.8) is 0 Å². The summed E-state index contributed by atoms with van der Waals surface area (Å²) in [6, 6.07) is 0. The second-order valence-corrected chi connectivity index (χ2v) is 3.60. The van der Waals surface area contributed by atoms with E-state index in [-0.39, 0.29) is 11.6 Å². The standard InChI is InChI=1S/C8H7BrClF2N/c1-4-6(9)5(2-10)3-13-7(4)8(11)12/h3,8H,2H2,1H3. The van der Waals surface area contributed by atoms with Gasteiger partial charge in [-0.15, -0.1) is 11.6 Å². The molecule has 0 saturated heterocycles. The van der Waals surface area contributed by atoms with Gasteiger partial charge in [0.15, 0.2) is 0 Å². The Bertz CT molecular complexity index is 317. The summed E-state index contributed by atoms with van der Waals surface area (Å²) < 4.78 is 25.3. The number of alkyl halides is 3. The SMILES string of the molecule is Cc1c(C(F)F)ncc(CCl)c1Br. The van der Waals surface area contributed by atoms with E-state index >= 15 is 0 Å². The Morgan fingerprint density at radius 1 is 1.62 bits per heavy atom. The zero-order valence-electron chi connectivity index (χ0n) is 6.82. The average Bonchev–Trinajstić information content (AvgIpc) is 2.09. The lowest BCUT2D eigenvalue weighted by Gasteiger charge is -2.08. The second-order valence-electron chi connectivity index (χ2n) is 2.54. The Balaban J connectivity index is 3.23. The molecule has 0 amide bonds. The largest absolute Gasteiger partial charge is 0.280 e. The Morgan fingerprint density at radius 2 is 2.23 bits per heavy atom. The van der Waals surface area contributed by atoms with Crippen molar-refractivity contribution in [3.05, 3.63) is 27.5 Å². The Morgan fingerprint density at radius 3 is 2.69 bits per heavy atom. The van der Waals surface area contributed by atoms with Crippen molar-refractivity contribution in [2.75, 3.05) is 0 Å². The van der Waals surface area contributed by atoms with Gasteiger partial charge >= 0.3 is 0 Å². The Kier molecular flexibility index (Phi) is 3.62. The number of hydrogen-bond acceptors (Lipinski definition) is 1. The molecule has 0 fully saturated rings. The van der Waals surface area contributed by atoms with Crippen LogP contribution in [0.25, 0.3) is 0 Å². The number of rotatable bonds is 2. The van der Waals surface area contributed by atoms with Gasteiger partial charge < -0.3 is 0 Å². The first-order valence-corrected chi connectivity index (χ1v) is 4.88. The summed E-state index contributed by atoms with van der Waals surface area (Å²) >= 11 is 8.78. The molecule has 0 N–H and O–H groups in total. The van der Waals surface area contributed by atoms with Crippen LogP contribution in [0, 0.1) is 6.92 Å². The quantitative estimate of drug-likeness (QED) is 0.744. The van der Waals surface area contributed by atoms with E-state index in [4.69, 9.17) is 11.6 Å². The minimum atomic E-state index is -2.54. The Labute approximate surface area is 88.2 Å². The summed E-state index contributed by atoms with van der Waals surface area (Å²) in [5, 5.41) is 0. The van der Waals surface area contributed by atoms with E-state index < -0.39 is 6.43 Å². The second kappa shape index (κ2) is 4.33. The van der Waals surface area contributed by atoms with E-state index in [0.717, 1.165) is 5.56 Å².